The molecule has 94 valence electrons. The molecule has 2 rings (SSSR count). The van der Waals surface area contributed by atoms with E-state index in [4.69, 9.17) is 10.8 Å². The van der Waals surface area contributed by atoms with E-state index in [1.807, 2.05) is 6.92 Å². The lowest BCUT2D eigenvalue weighted by Gasteiger charge is -2.33. The first-order valence-corrected chi connectivity index (χ1v) is 6.28. The van der Waals surface area contributed by atoms with Crippen LogP contribution >= 0.6 is 0 Å². The van der Waals surface area contributed by atoms with Gasteiger partial charge in [-0.2, -0.15) is 0 Å². The molecular weight excluding hydrogens is 214 g/mol. The first-order valence-electron chi connectivity index (χ1n) is 6.28. The number of hydrogen-bond acceptors (Lipinski definition) is 4. The minimum absolute atomic E-state index is 0.284. The number of anilines is 2. The number of aryl methyl sites for hydroxylation is 1. The van der Waals surface area contributed by atoms with Crippen LogP contribution in [0.3, 0.4) is 0 Å². The Balaban J connectivity index is 2.08. The number of piperidine rings is 1. The zero-order chi connectivity index (χ0) is 12.3. The molecule has 1 unspecified atom stereocenters. The van der Waals surface area contributed by atoms with Crippen LogP contribution in [0.4, 0.5) is 11.5 Å². The third kappa shape index (κ3) is 2.88. The highest BCUT2D eigenvalue weighted by Crippen LogP contribution is 2.25. The van der Waals surface area contributed by atoms with Crippen molar-refractivity contribution in [1.82, 2.24) is 4.98 Å². The summed E-state index contributed by atoms with van der Waals surface area (Å²) in [5.41, 5.74) is 7.61. The van der Waals surface area contributed by atoms with Crippen LogP contribution in [0.5, 0.6) is 0 Å². The van der Waals surface area contributed by atoms with Crippen molar-refractivity contribution in [3.63, 3.8) is 0 Å². The highest BCUT2D eigenvalue weighted by Gasteiger charge is 2.20. The van der Waals surface area contributed by atoms with E-state index < -0.39 is 0 Å². The third-order valence-corrected chi connectivity index (χ3v) is 3.52. The molecule has 0 spiro atoms. The summed E-state index contributed by atoms with van der Waals surface area (Å²) < 4.78 is 0. The zero-order valence-electron chi connectivity index (χ0n) is 10.4. The summed E-state index contributed by atoms with van der Waals surface area (Å²) in [6, 6.07) is 2.05. The van der Waals surface area contributed by atoms with Gasteiger partial charge in [-0.15, -0.1) is 0 Å². The summed E-state index contributed by atoms with van der Waals surface area (Å²) in [6.45, 7) is 4.34. The molecular formula is C13H21N3O. The van der Waals surface area contributed by atoms with Crippen LogP contribution in [0.1, 0.15) is 24.8 Å². The monoisotopic (exact) mass is 235 g/mol. The molecule has 1 aromatic heterocycles. The fraction of sp³-hybridized carbons (Fsp3) is 0.615. The number of pyridine rings is 1. The molecule has 1 aromatic rings. The fourth-order valence-electron chi connectivity index (χ4n) is 2.42. The minimum Gasteiger partial charge on any atom is -0.397 e. The number of hydrogen-bond donors (Lipinski definition) is 2. The molecule has 2 heterocycles. The minimum atomic E-state index is 0.284. The van der Waals surface area contributed by atoms with Crippen LogP contribution in [-0.4, -0.2) is 29.8 Å². The van der Waals surface area contributed by atoms with Crippen molar-refractivity contribution in [3.8, 4) is 0 Å². The van der Waals surface area contributed by atoms with Crippen molar-refractivity contribution < 1.29 is 5.11 Å². The van der Waals surface area contributed by atoms with Crippen molar-refractivity contribution in [2.24, 2.45) is 5.92 Å². The second-order valence-electron chi connectivity index (χ2n) is 4.87. The second-order valence-corrected chi connectivity index (χ2v) is 4.87. The normalized spacial score (nSPS) is 20.6. The lowest BCUT2D eigenvalue weighted by Crippen LogP contribution is -2.36. The van der Waals surface area contributed by atoms with Crippen molar-refractivity contribution in [3.05, 3.63) is 17.8 Å². The summed E-state index contributed by atoms with van der Waals surface area (Å²) in [5.74, 6) is 1.60. The predicted octanol–water partition coefficient (Wildman–Crippen LogP) is 1.57. The first-order chi connectivity index (χ1) is 8.20. The van der Waals surface area contributed by atoms with Crippen LogP contribution in [-0.2, 0) is 0 Å². The number of nitrogen functional groups attached to an aromatic ring is 1. The van der Waals surface area contributed by atoms with Crippen LogP contribution in [0.2, 0.25) is 0 Å². The molecule has 1 atom stereocenters. The Morgan fingerprint density at radius 2 is 2.41 bits per heavy atom. The molecule has 0 amide bonds. The maximum Gasteiger partial charge on any atom is 0.128 e. The molecule has 17 heavy (non-hydrogen) atoms. The predicted molar refractivity (Wildman–Crippen MR) is 70.0 cm³/mol. The maximum atomic E-state index is 9.01. The molecule has 0 aromatic carbocycles. The summed E-state index contributed by atoms with van der Waals surface area (Å²) in [7, 11) is 0. The smallest absolute Gasteiger partial charge is 0.128 e. The van der Waals surface area contributed by atoms with E-state index in [0.717, 1.165) is 36.6 Å². The van der Waals surface area contributed by atoms with Crippen molar-refractivity contribution >= 4 is 11.5 Å². The van der Waals surface area contributed by atoms with E-state index in [2.05, 4.69) is 16.0 Å². The Morgan fingerprint density at radius 3 is 3.12 bits per heavy atom. The number of rotatable bonds is 3. The van der Waals surface area contributed by atoms with E-state index in [0.29, 0.717) is 5.92 Å². The number of nitrogens with two attached hydrogens (primary N) is 1. The molecule has 1 aliphatic rings. The molecule has 1 saturated heterocycles. The molecule has 4 nitrogen and oxygen atoms in total. The Kier molecular flexibility index (Phi) is 3.84. The molecule has 0 radical (unpaired) electrons. The highest BCUT2D eigenvalue weighted by atomic mass is 16.3. The first kappa shape index (κ1) is 12.2. The molecule has 4 heteroatoms. The summed E-state index contributed by atoms with van der Waals surface area (Å²) in [5, 5.41) is 9.01. The van der Waals surface area contributed by atoms with Gasteiger partial charge in [-0.1, -0.05) is 0 Å². The van der Waals surface area contributed by atoms with Crippen LogP contribution in [0.15, 0.2) is 12.3 Å². The lowest BCUT2D eigenvalue weighted by molar-refractivity contribution is 0.244. The molecule has 1 fully saturated rings. The van der Waals surface area contributed by atoms with Crippen LogP contribution in [0.25, 0.3) is 0 Å². The average molecular weight is 235 g/mol. The van der Waals surface area contributed by atoms with Gasteiger partial charge in [0.15, 0.2) is 0 Å². The van der Waals surface area contributed by atoms with E-state index in [9.17, 15) is 0 Å². The standard InChI is InChI=1S/C13H21N3O/c1-10-7-13(15-8-12(10)14)16-5-2-3-11(9-16)4-6-17/h7-8,11,17H,2-6,9,14H2,1H3. The second kappa shape index (κ2) is 5.36. The van der Waals surface area contributed by atoms with Gasteiger partial charge in [-0.25, -0.2) is 4.98 Å². The van der Waals surface area contributed by atoms with Gasteiger partial charge >= 0.3 is 0 Å². The van der Waals surface area contributed by atoms with Gasteiger partial charge in [0.1, 0.15) is 5.82 Å². The molecule has 0 bridgehead atoms. The largest absolute Gasteiger partial charge is 0.397 e. The Morgan fingerprint density at radius 1 is 1.59 bits per heavy atom. The van der Waals surface area contributed by atoms with Crippen LogP contribution < -0.4 is 10.6 Å². The summed E-state index contributed by atoms with van der Waals surface area (Å²) >= 11 is 0. The van der Waals surface area contributed by atoms with Gasteiger partial charge in [0.05, 0.1) is 11.9 Å². The number of aliphatic hydroxyl groups excluding tert-OH is 1. The van der Waals surface area contributed by atoms with Crippen molar-refractivity contribution in [1.29, 1.82) is 0 Å². The molecule has 0 aliphatic carbocycles. The SMILES string of the molecule is Cc1cc(N2CCCC(CCO)C2)ncc1N. The van der Waals surface area contributed by atoms with Gasteiger partial charge in [0, 0.05) is 19.7 Å². The quantitative estimate of drug-likeness (QED) is 0.835. The highest BCUT2D eigenvalue weighted by molar-refractivity contribution is 5.52. The van der Waals surface area contributed by atoms with Crippen molar-refractivity contribution in [2.75, 3.05) is 30.3 Å². The topological polar surface area (TPSA) is 62.4 Å². The van der Waals surface area contributed by atoms with Gasteiger partial charge in [0.25, 0.3) is 0 Å². The number of nitrogens with zero attached hydrogens (tertiary/aromatic N) is 2. The maximum absolute atomic E-state index is 9.01. The van der Waals surface area contributed by atoms with Gasteiger partial charge < -0.3 is 15.7 Å². The zero-order valence-corrected chi connectivity index (χ0v) is 10.4. The Labute approximate surface area is 102 Å². The van der Waals surface area contributed by atoms with E-state index >= 15 is 0 Å². The van der Waals surface area contributed by atoms with E-state index in [1.54, 1.807) is 6.20 Å². The summed E-state index contributed by atoms with van der Waals surface area (Å²) in [4.78, 5) is 6.70. The fourth-order valence-corrected chi connectivity index (χ4v) is 2.42. The van der Waals surface area contributed by atoms with E-state index in [-0.39, 0.29) is 6.61 Å². The van der Waals surface area contributed by atoms with Gasteiger partial charge in [0.2, 0.25) is 0 Å². The number of aromatic nitrogens is 1. The van der Waals surface area contributed by atoms with Crippen LogP contribution in [0, 0.1) is 12.8 Å². The molecule has 3 N–H and O–H groups in total. The molecule has 0 saturated carbocycles. The number of aliphatic hydroxyl groups is 1. The Bertz CT molecular complexity index is 379. The third-order valence-electron chi connectivity index (χ3n) is 3.52. The van der Waals surface area contributed by atoms with Gasteiger partial charge in [-0.3, -0.25) is 0 Å². The average Bonchev–Trinajstić information content (AvgIpc) is 2.33. The van der Waals surface area contributed by atoms with Gasteiger partial charge in [-0.05, 0) is 43.7 Å². The van der Waals surface area contributed by atoms with Crippen molar-refractivity contribution in [2.45, 2.75) is 26.2 Å². The molecule has 1 aliphatic heterocycles. The lowest BCUT2D eigenvalue weighted by atomic mass is 9.95. The van der Waals surface area contributed by atoms with E-state index in [1.165, 1.54) is 12.8 Å². The Hall–Kier alpha value is -1.29. The summed E-state index contributed by atoms with van der Waals surface area (Å²) in [6.07, 6.45) is 5.02.